The van der Waals surface area contributed by atoms with Crippen molar-refractivity contribution in [3.8, 4) is 62.5 Å². The number of nitrogens with zero attached hydrogens (tertiary/aromatic N) is 4. The van der Waals surface area contributed by atoms with E-state index >= 15 is 0 Å². The quantitative estimate of drug-likeness (QED) is 0.188. The van der Waals surface area contributed by atoms with Gasteiger partial charge in [-0.15, -0.1) is 0 Å². The fraction of sp³-hybridized carbons (Fsp3) is 0.130. The van der Waals surface area contributed by atoms with Gasteiger partial charge in [-0.05, 0) is 70.5 Å². The molecule has 2 aliphatic carbocycles. The first kappa shape index (κ1) is 29.5. The Bertz CT molecular complexity index is 2680. The number of furan rings is 1. The van der Waals surface area contributed by atoms with Gasteiger partial charge < -0.3 is 4.42 Å². The van der Waals surface area contributed by atoms with Crippen molar-refractivity contribution in [3.05, 3.63) is 150 Å². The monoisotopic (exact) mass is 656 g/mol. The smallest absolute Gasteiger partial charge is 0.167 e. The third-order valence-electron chi connectivity index (χ3n) is 11.0. The highest BCUT2D eigenvalue weighted by molar-refractivity contribution is 6.09. The first-order valence-corrected chi connectivity index (χ1v) is 17.7. The Morgan fingerprint density at radius 1 is 0.529 bits per heavy atom. The van der Waals surface area contributed by atoms with Gasteiger partial charge in [-0.2, -0.15) is 5.26 Å². The number of nitriles is 1. The topological polar surface area (TPSA) is 75.6 Å². The Kier molecular flexibility index (Phi) is 6.72. The SMILES string of the molecule is N#Cc1ccc2c(c1)-c1c(-c3ccc(-c4nc(-c5ccccc5)nc(-c5cccc6c5oc5ccccc56)n4)cc3)cccc1C21CCCCC1. The standard InChI is InChI=1S/C46H32N4O/c47-28-29-19-24-38-37(27-29)41-33(14-10-17-39(41)46(38)25-7-2-8-26-46)30-20-22-32(23-21-30)44-48-43(31-11-3-1-4-12-31)49-45(50-44)36-16-9-15-35-34-13-5-6-18-40(34)51-42(35)36/h1,3-6,9-24,27H,2,7-8,25-26H2. The zero-order chi connectivity index (χ0) is 33.9. The highest BCUT2D eigenvalue weighted by Crippen LogP contribution is 2.58. The molecule has 0 aliphatic heterocycles. The Labute approximate surface area is 295 Å². The molecule has 0 radical (unpaired) electrons. The summed E-state index contributed by atoms with van der Waals surface area (Å²) in [5, 5.41) is 11.9. The predicted molar refractivity (Wildman–Crippen MR) is 203 cm³/mol. The summed E-state index contributed by atoms with van der Waals surface area (Å²) in [5.41, 5.74) is 12.6. The van der Waals surface area contributed by atoms with E-state index in [4.69, 9.17) is 19.4 Å². The molecule has 0 atom stereocenters. The van der Waals surface area contributed by atoms with Crippen molar-refractivity contribution in [1.82, 2.24) is 15.0 Å². The minimum atomic E-state index is 0.0185. The predicted octanol–water partition coefficient (Wildman–Crippen LogP) is 11.5. The van der Waals surface area contributed by atoms with Crippen molar-refractivity contribution >= 4 is 21.9 Å². The van der Waals surface area contributed by atoms with Crippen LogP contribution in [0.3, 0.4) is 0 Å². The Hall–Kier alpha value is -6.38. The van der Waals surface area contributed by atoms with Gasteiger partial charge in [0.1, 0.15) is 11.2 Å². The van der Waals surface area contributed by atoms with Crippen molar-refractivity contribution in [1.29, 1.82) is 5.26 Å². The number of para-hydroxylation sites is 2. The van der Waals surface area contributed by atoms with Crippen LogP contribution in [-0.4, -0.2) is 15.0 Å². The molecule has 0 unspecified atom stereocenters. The third-order valence-corrected chi connectivity index (χ3v) is 11.0. The van der Waals surface area contributed by atoms with Crippen molar-refractivity contribution in [3.63, 3.8) is 0 Å². The second-order valence-electron chi connectivity index (χ2n) is 13.8. The lowest BCUT2D eigenvalue weighted by Gasteiger charge is -2.36. The molecule has 0 amide bonds. The number of hydrogen-bond donors (Lipinski definition) is 0. The van der Waals surface area contributed by atoms with Crippen LogP contribution < -0.4 is 0 Å². The van der Waals surface area contributed by atoms with Gasteiger partial charge in [0, 0.05) is 27.3 Å². The van der Waals surface area contributed by atoms with Crippen LogP contribution in [0.2, 0.25) is 0 Å². The molecule has 1 saturated carbocycles. The number of benzene rings is 6. The van der Waals surface area contributed by atoms with Crippen LogP contribution in [-0.2, 0) is 5.41 Å². The van der Waals surface area contributed by atoms with Crippen molar-refractivity contribution in [2.45, 2.75) is 37.5 Å². The largest absolute Gasteiger partial charge is 0.455 e. The van der Waals surface area contributed by atoms with Crippen LogP contribution in [0.25, 0.3) is 78.4 Å². The third kappa shape index (κ3) is 4.64. The maximum absolute atomic E-state index is 9.84. The van der Waals surface area contributed by atoms with Gasteiger partial charge in [0.25, 0.3) is 0 Å². The number of fused-ring (bicyclic) bond motifs is 8. The molecule has 6 aromatic carbocycles. The lowest BCUT2D eigenvalue weighted by molar-refractivity contribution is 0.353. The van der Waals surface area contributed by atoms with Crippen molar-refractivity contribution in [2.75, 3.05) is 0 Å². The zero-order valence-electron chi connectivity index (χ0n) is 27.9. The summed E-state index contributed by atoms with van der Waals surface area (Å²) in [7, 11) is 0. The highest BCUT2D eigenvalue weighted by atomic mass is 16.3. The molecule has 2 heterocycles. The summed E-state index contributed by atoms with van der Waals surface area (Å²) in [6.07, 6.45) is 6.02. The molecule has 242 valence electrons. The molecule has 1 fully saturated rings. The molecule has 0 N–H and O–H groups in total. The number of rotatable bonds is 4. The molecule has 0 saturated heterocycles. The van der Waals surface area contributed by atoms with Gasteiger partial charge in [-0.3, -0.25) is 0 Å². The first-order chi connectivity index (χ1) is 25.2. The molecule has 1 spiro atoms. The molecule has 51 heavy (non-hydrogen) atoms. The molecule has 2 aromatic heterocycles. The second-order valence-corrected chi connectivity index (χ2v) is 13.8. The minimum absolute atomic E-state index is 0.0185. The normalized spacial score (nSPS) is 14.4. The average molecular weight is 657 g/mol. The highest BCUT2D eigenvalue weighted by Gasteiger charge is 2.44. The van der Waals surface area contributed by atoms with E-state index in [0.29, 0.717) is 23.0 Å². The molecule has 8 aromatic rings. The Morgan fingerprint density at radius 2 is 1.20 bits per heavy atom. The molecular weight excluding hydrogens is 625 g/mol. The van der Waals surface area contributed by atoms with Crippen LogP contribution in [0.5, 0.6) is 0 Å². The van der Waals surface area contributed by atoms with Gasteiger partial charge >= 0.3 is 0 Å². The summed E-state index contributed by atoms with van der Waals surface area (Å²) >= 11 is 0. The maximum Gasteiger partial charge on any atom is 0.167 e. The van der Waals surface area contributed by atoms with E-state index in [1.54, 1.807) is 0 Å². The lowest BCUT2D eigenvalue weighted by atomic mass is 9.67. The van der Waals surface area contributed by atoms with E-state index in [0.717, 1.165) is 57.0 Å². The summed E-state index contributed by atoms with van der Waals surface area (Å²) in [6.45, 7) is 0. The Balaban J connectivity index is 1.11. The average Bonchev–Trinajstić information content (AvgIpc) is 3.71. The van der Waals surface area contributed by atoms with Gasteiger partial charge in [-0.1, -0.05) is 128 Å². The molecule has 0 bridgehead atoms. The second kappa shape index (κ2) is 11.6. The molecule has 5 nitrogen and oxygen atoms in total. The van der Waals surface area contributed by atoms with Crippen LogP contribution in [0.1, 0.15) is 48.8 Å². The van der Waals surface area contributed by atoms with Crippen LogP contribution in [0.4, 0.5) is 0 Å². The van der Waals surface area contributed by atoms with E-state index in [9.17, 15) is 5.26 Å². The lowest BCUT2D eigenvalue weighted by Crippen LogP contribution is -2.28. The van der Waals surface area contributed by atoms with Crippen LogP contribution >= 0.6 is 0 Å². The fourth-order valence-corrected chi connectivity index (χ4v) is 8.62. The number of aromatic nitrogens is 3. The number of hydrogen-bond acceptors (Lipinski definition) is 5. The molecular formula is C46H32N4O. The first-order valence-electron chi connectivity index (χ1n) is 17.7. The van der Waals surface area contributed by atoms with Gasteiger partial charge in [0.2, 0.25) is 0 Å². The maximum atomic E-state index is 9.84. The summed E-state index contributed by atoms with van der Waals surface area (Å²) in [5.74, 6) is 1.77. The van der Waals surface area contributed by atoms with Crippen molar-refractivity contribution in [2.24, 2.45) is 0 Å². The van der Waals surface area contributed by atoms with Crippen LogP contribution in [0, 0.1) is 11.3 Å². The summed E-state index contributed by atoms with van der Waals surface area (Å²) < 4.78 is 6.39. The van der Waals surface area contributed by atoms with E-state index in [1.165, 1.54) is 47.1 Å². The fourth-order valence-electron chi connectivity index (χ4n) is 8.62. The summed E-state index contributed by atoms with van der Waals surface area (Å²) in [4.78, 5) is 15.1. The van der Waals surface area contributed by atoms with Crippen LogP contribution in [0.15, 0.2) is 138 Å². The minimum Gasteiger partial charge on any atom is -0.455 e. The zero-order valence-corrected chi connectivity index (χ0v) is 27.9. The van der Waals surface area contributed by atoms with Gasteiger partial charge in [0.05, 0.1) is 17.2 Å². The van der Waals surface area contributed by atoms with E-state index in [-0.39, 0.29) is 5.41 Å². The molecule has 10 rings (SSSR count). The van der Waals surface area contributed by atoms with Crippen molar-refractivity contribution < 1.29 is 4.42 Å². The van der Waals surface area contributed by atoms with E-state index in [1.807, 2.05) is 66.7 Å². The van der Waals surface area contributed by atoms with E-state index < -0.39 is 0 Å². The van der Waals surface area contributed by atoms with Gasteiger partial charge in [-0.25, -0.2) is 15.0 Å². The Morgan fingerprint density at radius 3 is 2.00 bits per heavy atom. The van der Waals surface area contributed by atoms with E-state index in [2.05, 4.69) is 72.8 Å². The molecule has 5 heteroatoms. The molecule has 2 aliphatic rings. The summed E-state index contributed by atoms with van der Waals surface area (Å²) in [6, 6.07) is 48.3. The van der Waals surface area contributed by atoms with Gasteiger partial charge in [0.15, 0.2) is 17.5 Å².